The third-order valence-electron chi connectivity index (χ3n) is 3.38. The molecule has 0 fully saturated rings. The molecule has 6 nitrogen and oxygen atoms in total. The van der Waals surface area contributed by atoms with Crippen LogP contribution >= 0.6 is 11.3 Å². The van der Waals surface area contributed by atoms with Crippen molar-refractivity contribution in [3.8, 4) is 10.4 Å². The summed E-state index contributed by atoms with van der Waals surface area (Å²) < 4.78 is 0. The molecule has 0 aliphatic carbocycles. The summed E-state index contributed by atoms with van der Waals surface area (Å²) in [6.45, 7) is 0.370. The van der Waals surface area contributed by atoms with Gasteiger partial charge in [0.2, 0.25) is 0 Å². The van der Waals surface area contributed by atoms with Crippen molar-refractivity contribution in [1.82, 2.24) is 10.3 Å². The Morgan fingerprint density at radius 2 is 1.64 bits per heavy atom. The molecule has 2 aromatic carbocycles. The van der Waals surface area contributed by atoms with Gasteiger partial charge in [0, 0.05) is 6.54 Å². The molecule has 0 saturated heterocycles. The van der Waals surface area contributed by atoms with Crippen LogP contribution in [-0.4, -0.2) is 22.1 Å². The fourth-order valence-corrected chi connectivity index (χ4v) is 3.18. The lowest BCUT2D eigenvalue weighted by Gasteiger charge is -2.05. The smallest absolute Gasteiger partial charge is 0.356 e. The zero-order valence-corrected chi connectivity index (χ0v) is 13.9. The lowest BCUT2D eigenvalue weighted by atomic mass is 10.1. The van der Waals surface area contributed by atoms with Crippen LogP contribution in [0.4, 0.5) is 9.93 Å². The van der Waals surface area contributed by atoms with Gasteiger partial charge in [0.05, 0.1) is 4.88 Å². The van der Waals surface area contributed by atoms with Crippen molar-refractivity contribution in [1.29, 1.82) is 0 Å². The van der Waals surface area contributed by atoms with Crippen LogP contribution in [0.1, 0.15) is 16.1 Å². The standard InChI is InChI=1S/C18H15N3O3S/c22-16(23)14-15(13-9-5-2-6-10-13)25-18(20-14)21-17(24)19-11-12-7-3-1-4-8-12/h1-10H,11H2,(H,22,23)(H2,19,20,21,24). The Balaban J connectivity index is 1.72. The van der Waals surface area contributed by atoms with Gasteiger partial charge < -0.3 is 10.4 Å². The van der Waals surface area contributed by atoms with Gasteiger partial charge in [-0.15, -0.1) is 0 Å². The molecule has 0 aliphatic rings. The number of aromatic nitrogens is 1. The second-order valence-corrected chi connectivity index (χ2v) is 6.16. The lowest BCUT2D eigenvalue weighted by molar-refractivity contribution is 0.0692. The van der Waals surface area contributed by atoms with Crippen molar-refractivity contribution < 1.29 is 14.7 Å². The highest BCUT2D eigenvalue weighted by atomic mass is 32.1. The number of benzene rings is 2. The zero-order valence-electron chi connectivity index (χ0n) is 13.1. The van der Waals surface area contributed by atoms with Gasteiger partial charge in [0.1, 0.15) is 0 Å². The van der Waals surface area contributed by atoms with E-state index in [1.54, 1.807) is 12.1 Å². The van der Waals surface area contributed by atoms with Crippen LogP contribution < -0.4 is 10.6 Å². The van der Waals surface area contributed by atoms with Gasteiger partial charge in [0.25, 0.3) is 0 Å². The molecule has 0 saturated carbocycles. The first kappa shape index (κ1) is 16.7. The molecule has 0 radical (unpaired) electrons. The number of thiazole rings is 1. The fourth-order valence-electron chi connectivity index (χ4n) is 2.22. The van der Waals surface area contributed by atoms with E-state index in [2.05, 4.69) is 15.6 Å². The van der Waals surface area contributed by atoms with Crippen molar-refractivity contribution >= 4 is 28.5 Å². The van der Waals surface area contributed by atoms with Crippen LogP contribution in [0, 0.1) is 0 Å². The van der Waals surface area contributed by atoms with Gasteiger partial charge in [-0.3, -0.25) is 5.32 Å². The number of carbonyl (C=O) groups excluding carboxylic acids is 1. The van der Waals surface area contributed by atoms with Gasteiger partial charge in [0.15, 0.2) is 10.8 Å². The molecule has 0 aliphatic heterocycles. The number of anilines is 1. The maximum absolute atomic E-state index is 12.0. The first-order valence-electron chi connectivity index (χ1n) is 7.52. The predicted octanol–water partition coefficient (Wildman–Crippen LogP) is 3.83. The number of rotatable bonds is 5. The van der Waals surface area contributed by atoms with Crippen molar-refractivity contribution in [2.45, 2.75) is 6.54 Å². The molecule has 25 heavy (non-hydrogen) atoms. The maximum atomic E-state index is 12.0. The Hall–Kier alpha value is -3.19. The van der Waals surface area contributed by atoms with E-state index in [1.165, 1.54) is 0 Å². The zero-order chi connectivity index (χ0) is 17.6. The molecular formula is C18H15N3O3S. The van der Waals surface area contributed by atoms with Crippen LogP contribution in [0.25, 0.3) is 10.4 Å². The largest absolute Gasteiger partial charge is 0.476 e. The van der Waals surface area contributed by atoms with E-state index in [1.807, 2.05) is 48.5 Å². The summed E-state index contributed by atoms with van der Waals surface area (Å²) >= 11 is 1.13. The number of carboxylic acids is 1. The fraction of sp³-hybridized carbons (Fsp3) is 0.0556. The normalized spacial score (nSPS) is 10.2. The monoisotopic (exact) mass is 353 g/mol. The quantitative estimate of drug-likeness (QED) is 0.650. The number of carboxylic acid groups (broad SMARTS) is 1. The number of amides is 2. The van der Waals surface area contributed by atoms with E-state index in [0.29, 0.717) is 11.4 Å². The Labute approximate surface area is 148 Å². The SMILES string of the molecule is O=C(NCc1ccccc1)Nc1nc(C(=O)O)c(-c2ccccc2)s1. The Morgan fingerprint density at radius 1 is 1.00 bits per heavy atom. The van der Waals surface area contributed by atoms with E-state index in [-0.39, 0.29) is 10.8 Å². The molecule has 3 N–H and O–H groups in total. The summed E-state index contributed by atoms with van der Waals surface area (Å²) in [6, 6.07) is 18.1. The van der Waals surface area contributed by atoms with Crippen LogP contribution in [0.5, 0.6) is 0 Å². The molecule has 126 valence electrons. The minimum absolute atomic E-state index is 0.0745. The number of hydrogen-bond acceptors (Lipinski definition) is 4. The Morgan fingerprint density at radius 3 is 2.28 bits per heavy atom. The van der Waals surface area contributed by atoms with Crippen molar-refractivity contribution in [3.05, 3.63) is 71.9 Å². The maximum Gasteiger partial charge on any atom is 0.356 e. The molecule has 0 unspecified atom stereocenters. The topological polar surface area (TPSA) is 91.3 Å². The highest BCUT2D eigenvalue weighted by Gasteiger charge is 2.19. The van der Waals surface area contributed by atoms with Crippen molar-refractivity contribution in [2.24, 2.45) is 0 Å². The second kappa shape index (κ2) is 7.59. The molecule has 7 heteroatoms. The first-order valence-corrected chi connectivity index (χ1v) is 8.33. The van der Waals surface area contributed by atoms with E-state index in [9.17, 15) is 14.7 Å². The number of urea groups is 1. The molecule has 0 spiro atoms. The minimum atomic E-state index is -1.13. The highest BCUT2D eigenvalue weighted by molar-refractivity contribution is 7.19. The van der Waals surface area contributed by atoms with E-state index in [4.69, 9.17) is 0 Å². The van der Waals surface area contributed by atoms with Crippen LogP contribution in [0.2, 0.25) is 0 Å². The molecule has 1 heterocycles. The Bertz CT molecular complexity index is 879. The number of nitrogens with zero attached hydrogens (tertiary/aromatic N) is 1. The first-order chi connectivity index (χ1) is 12.1. The average Bonchev–Trinajstić information content (AvgIpc) is 3.06. The lowest BCUT2D eigenvalue weighted by Crippen LogP contribution is -2.28. The summed E-state index contributed by atoms with van der Waals surface area (Å²) in [4.78, 5) is 28.0. The van der Waals surface area contributed by atoms with Gasteiger partial charge in [-0.05, 0) is 11.1 Å². The number of hydrogen-bond donors (Lipinski definition) is 3. The molecule has 1 aromatic heterocycles. The average molecular weight is 353 g/mol. The van der Waals surface area contributed by atoms with Gasteiger partial charge >= 0.3 is 12.0 Å². The van der Waals surface area contributed by atoms with Gasteiger partial charge in [-0.2, -0.15) is 0 Å². The van der Waals surface area contributed by atoms with Crippen LogP contribution in [-0.2, 0) is 6.54 Å². The van der Waals surface area contributed by atoms with Gasteiger partial charge in [-0.1, -0.05) is 72.0 Å². The number of carbonyl (C=O) groups is 2. The van der Waals surface area contributed by atoms with Crippen LogP contribution in [0.3, 0.4) is 0 Å². The van der Waals surface area contributed by atoms with Crippen LogP contribution in [0.15, 0.2) is 60.7 Å². The third-order valence-corrected chi connectivity index (χ3v) is 4.40. The molecule has 3 rings (SSSR count). The molecular weight excluding hydrogens is 338 g/mol. The summed E-state index contributed by atoms with van der Waals surface area (Å²) in [5.41, 5.74) is 1.64. The third kappa shape index (κ3) is 4.21. The second-order valence-electron chi connectivity index (χ2n) is 5.16. The molecule has 0 atom stereocenters. The van der Waals surface area contributed by atoms with E-state index >= 15 is 0 Å². The summed E-state index contributed by atoms with van der Waals surface area (Å²) in [7, 11) is 0. The molecule has 3 aromatic rings. The molecule has 0 bridgehead atoms. The van der Waals surface area contributed by atoms with Crippen molar-refractivity contribution in [3.63, 3.8) is 0 Å². The van der Waals surface area contributed by atoms with Gasteiger partial charge in [-0.25, -0.2) is 14.6 Å². The summed E-state index contributed by atoms with van der Waals surface area (Å²) in [5.74, 6) is -1.13. The summed E-state index contributed by atoms with van der Waals surface area (Å²) in [6.07, 6.45) is 0. The predicted molar refractivity (Wildman–Crippen MR) is 96.8 cm³/mol. The van der Waals surface area contributed by atoms with E-state index < -0.39 is 12.0 Å². The Kier molecular flexibility index (Phi) is 5.06. The molecule has 2 amide bonds. The van der Waals surface area contributed by atoms with Crippen molar-refractivity contribution in [2.75, 3.05) is 5.32 Å². The summed E-state index contributed by atoms with van der Waals surface area (Å²) in [5, 5.41) is 14.9. The number of aromatic carboxylic acids is 1. The minimum Gasteiger partial charge on any atom is -0.476 e. The number of nitrogens with one attached hydrogen (secondary N) is 2. The van der Waals surface area contributed by atoms with E-state index in [0.717, 1.165) is 22.5 Å². The highest BCUT2D eigenvalue weighted by Crippen LogP contribution is 2.33.